The van der Waals surface area contributed by atoms with Crippen molar-refractivity contribution < 1.29 is 13.2 Å². The van der Waals surface area contributed by atoms with Gasteiger partial charge in [-0.2, -0.15) is 5.26 Å². The van der Waals surface area contributed by atoms with E-state index in [4.69, 9.17) is 4.74 Å². The fraction of sp³-hybridized carbons (Fsp3) is 0.211. The molecule has 0 aliphatic rings. The molecule has 2 aromatic rings. The summed E-state index contributed by atoms with van der Waals surface area (Å²) in [5, 5.41) is 9.37. The van der Waals surface area contributed by atoms with Crippen molar-refractivity contribution in [1.29, 1.82) is 5.26 Å². The molecular formula is C19H19NO3S. The fourth-order valence-corrected chi connectivity index (χ4v) is 3.27. The van der Waals surface area contributed by atoms with E-state index < -0.39 is 9.84 Å². The molecule has 0 amide bonds. The van der Waals surface area contributed by atoms with Crippen molar-refractivity contribution in [2.24, 2.45) is 0 Å². The quantitative estimate of drug-likeness (QED) is 0.767. The molecule has 0 saturated carbocycles. The molecule has 0 aromatic heterocycles. The highest BCUT2D eigenvalue weighted by molar-refractivity contribution is 7.95. The van der Waals surface area contributed by atoms with Crippen molar-refractivity contribution in [1.82, 2.24) is 0 Å². The van der Waals surface area contributed by atoms with Crippen LogP contribution in [0.5, 0.6) is 5.75 Å². The van der Waals surface area contributed by atoms with Gasteiger partial charge in [-0.15, -0.1) is 0 Å². The maximum Gasteiger partial charge on any atom is 0.216 e. The predicted molar refractivity (Wildman–Crippen MR) is 94.2 cm³/mol. The topological polar surface area (TPSA) is 67.2 Å². The number of sulfone groups is 1. The maximum atomic E-state index is 12.7. The molecule has 124 valence electrons. The fourth-order valence-electron chi connectivity index (χ4n) is 2.12. The van der Waals surface area contributed by atoms with Gasteiger partial charge in [0.25, 0.3) is 0 Å². The van der Waals surface area contributed by atoms with Crippen LogP contribution in [0.3, 0.4) is 0 Å². The average Bonchev–Trinajstić information content (AvgIpc) is 2.53. The normalized spacial score (nSPS) is 12.0. The van der Waals surface area contributed by atoms with Crippen molar-refractivity contribution in [2.45, 2.75) is 31.8 Å². The van der Waals surface area contributed by atoms with Crippen molar-refractivity contribution >= 4 is 15.9 Å². The molecule has 0 fully saturated rings. The summed E-state index contributed by atoms with van der Waals surface area (Å²) in [6, 6.07) is 15.3. The summed E-state index contributed by atoms with van der Waals surface area (Å²) in [4.78, 5) is -0.214. The van der Waals surface area contributed by atoms with Crippen LogP contribution in [0.15, 0.2) is 58.3 Å². The van der Waals surface area contributed by atoms with E-state index in [0.717, 1.165) is 5.56 Å². The minimum Gasteiger partial charge on any atom is -0.490 e. The summed E-state index contributed by atoms with van der Waals surface area (Å²) in [5.41, 5.74) is 1.51. The van der Waals surface area contributed by atoms with Crippen LogP contribution >= 0.6 is 0 Å². The number of nitrogens with zero attached hydrogens (tertiary/aromatic N) is 1. The zero-order valence-electron chi connectivity index (χ0n) is 13.9. The zero-order chi connectivity index (χ0) is 17.7. The minimum absolute atomic E-state index is 0.0567. The summed E-state index contributed by atoms with van der Waals surface area (Å²) in [5.74, 6) is 0.541. The number of rotatable bonds is 5. The van der Waals surface area contributed by atoms with Crippen LogP contribution in [0.4, 0.5) is 0 Å². The lowest BCUT2D eigenvalue weighted by Gasteiger charge is -2.12. The number of nitriles is 1. The monoisotopic (exact) mass is 341 g/mol. The smallest absolute Gasteiger partial charge is 0.216 e. The molecular weight excluding hydrogens is 322 g/mol. The molecule has 0 bridgehead atoms. The van der Waals surface area contributed by atoms with Crippen LogP contribution in [0.25, 0.3) is 6.08 Å². The molecule has 0 radical (unpaired) electrons. The van der Waals surface area contributed by atoms with E-state index in [0.29, 0.717) is 11.3 Å². The van der Waals surface area contributed by atoms with E-state index in [9.17, 15) is 13.7 Å². The van der Waals surface area contributed by atoms with Gasteiger partial charge in [-0.25, -0.2) is 8.42 Å². The largest absolute Gasteiger partial charge is 0.490 e. The standard InChI is InChI=1S/C19H19NO3S/c1-14(2)23-19-7-5-4-6-16(19)12-18(13-20)24(21,22)17-10-8-15(3)9-11-17/h4-12,14H,1-3H3. The minimum atomic E-state index is -3.87. The van der Waals surface area contributed by atoms with Gasteiger partial charge in [-0.3, -0.25) is 0 Å². The molecule has 2 aromatic carbocycles. The highest BCUT2D eigenvalue weighted by atomic mass is 32.2. The van der Waals surface area contributed by atoms with Crippen molar-refractivity contribution in [3.8, 4) is 11.8 Å². The van der Waals surface area contributed by atoms with Crippen molar-refractivity contribution in [3.05, 3.63) is 64.6 Å². The SMILES string of the molecule is Cc1ccc(S(=O)(=O)C(C#N)=Cc2ccccc2OC(C)C)cc1. The second-order valence-corrected chi connectivity index (χ2v) is 7.56. The van der Waals surface area contributed by atoms with E-state index in [1.807, 2.05) is 20.8 Å². The molecule has 0 unspecified atom stereocenters. The molecule has 2 rings (SSSR count). The van der Waals surface area contributed by atoms with Gasteiger partial charge in [0.2, 0.25) is 9.84 Å². The van der Waals surface area contributed by atoms with Gasteiger partial charge >= 0.3 is 0 Å². The van der Waals surface area contributed by atoms with Crippen LogP contribution in [0.1, 0.15) is 25.0 Å². The maximum absolute atomic E-state index is 12.7. The Labute approximate surface area is 142 Å². The number of hydrogen-bond donors (Lipinski definition) is 0. The third-order valence-electron chi connectivity index (χ3n) is 3.30. The van der Waals surface area contributed by atoms with Gasteiger partial charge in [-0.1, -0.05) is 35.9 Å². The second kappa shape index (κ2) is 7.33. The van der Waals surface area contributed by atoms with Crippen molar-refractivity contribution in [2.75, 3.05) is 0 Å². The van der Waals surface area contributed by atoms with Gasteiger partial charge in [0.05, 0.1) is 11.0 Å². The lowest BCUT2D eigenvalue weighted by Crippen LogP contribution is -2.07. The van der Waals surface area contributed by atoms with E-state index in [2.05, 4.69) is 0 Å². The number of para-hydroxylation sites is 1. The van der Waals surface area contributed by atoms with Crippen LogP contribution in [0.2, 0.25) is 0 Å². The summed E-state index contributed by atoms with van der Waals surface area (Å²) < 4.78 is 31.0. The molecule has 24 heavy (non-hydrogen) atoms. The Balaban J connectivity index is 2.51. The van der Waals surface area contributed by atoms with E-state index in [1.54, 1.807) is 42.5 Å². The van der Waals surface area contributed by atoms with Gasteiger partial charge in [0, 0.05) is 5.56 Å². The molecule has 5 heteroatoms. The van der Waals surface area contributed by atoms with E-state index >= 15 is 0 Å². The first-order valence-corrected chi connectivity index (χ1v) is 9.02. The van der Waals surface area contributed by atoms with E-state index in [1.165, 1.54) is 18.2 Å². The molecule has 0 aliphatic carbocycles. The third-order valence-corrected chi connectivity index (χ3v) is 4.98. The summed E-state index contributed by atoms with van der Waals surface area (Å²) >= 11 is 0. The zero-order valence-corrected chi connectivity index (χ0v) is 14.7. The number of ether oxygens (including phenoxy) is 1. The Hall–Kier alpha value is -2.58. The number of benzene rings is 2. The Bertz CT molecular complexity index is 889. The first kappa shape index (κ1) is 17.8. The van der Waals surface area contributed by atoms with Crippen LogP contribution < -0.4 is 4.74 Å². The first-order chi connectivity index (χ1) is 11.3. The Morgan fingerprint density at radius 2 is 1.75 bits per heavy atom. The molecule has 0 atom stereocenters. The van der Waals surface area contributed by atoms with Gasteiger partial charge in [0.15, 0.2) is 0 Å². The van der Waals surface area contributed by atoms with Gasteiger partial charge < -0.3 is 4.74 Å². The third kappa shape index (κ3) is 4.03. The first-order valence-electron chi connectivity index (χ1n) is 7.54. The number of hydrogen-bond acceptors (Lipinski definition) is 4. The van der Waals surface area contributed by atoms with Gasteiger partial charge in [-0.05, 0) is 45.0 Å². The number of aryl methyl sites for hydroxylation is 1. The molecule has 0 heterocycles. The molecule has 0 N–H and O–H groups in total. The summed E-state index contributed by atoms with van der Waals surface area (Å²) in [6.07, 6.45) is 1.30. The van der Waals surface area contributed by atoms with Crippen LogP contribution in [-0.4, -0.2) is 14.5 Å². The molecule has 0 spiro atoms. The summed E-state index contributed by atoms with van der Waals surface area (Å²) in [7, 11) is -3.87. The molecule has 0 saturated heterocycles. The molecule has 0 aliphatic heterocycles. The van der Waals surface area contributed by atoms with Crippen LogP contribution in [-0.2, 0) is 9.84 Å². The number of allylic oxidation sites excluding steroid dienone is 1. The summed E-state index contributed by atoms with van der Waals surface area (Å²) in [6.45, 7) is 5.64. The average molecular weight is 341 g/mol. The highest BCUT2D eigenvalue weighted by Crippen LogP contribution is 2.26. The lowest BCUT2D eigenvalue weighted by molar-refractivity contribution is 0.242. The Kier molecular flexibility index (Phi) is 5.42. The lowest BCUT2D eigenvalue weighted by atomic mass is 10.2. The predicted octanol–water partition coefficient (Wildman–Crippen LogP) is 4.12. The van der Waals surface area contributed by atoms with Gasteiger partial charge in [0.1, 0.15) is 16.7 Å². The Morgan fingerprint density at radius 3 is 2.33 bits per heavy atom. The molecule has 4 nitrogen and oxygen atoms in total. The highest BCUT2D eigenvalue weighted by Gasteiger charge is 2.21. The van der Waals surface area contributed by atoms with E-state index in [-0.39, 0.29) is 15.9 Å². The van der Waals surface area contributed by atoms with Crippen molar-refractivity contribution in [3.63, 3.8) is 0 Å². The van der Waals surface area contributed by atoms with Crippen LogP contribution in [0, 0.1) is 18.3 Å². The Morgan fingerprint density at radius 1 is 1.12 bits per heavy atom. The second-order valence-electron chi connectivity index (χ2n) is 5.64.